The monoisotopic (exact) mass is 306 g/mol. The Morgan fingerprint density at radius 3 is 2.37 bits per heavy atom. The number of nitrogens with one attached hydrogen (secondary N) is 1. The molecule has 0 amide bonds. The third-order valence-electron chi connectivity index (χ3n) is 2.22. The van der Waals surface area contributed by atoms with Crippen LogP contribution < -0.4 is 4.72 Å². The summed E-state index contributed by atoms with van der Waals surface area (Å²) in [4.78, 5) is 10.3. The van der Waals surface area contributed by atoms with Gasteiger partial charge in [-0.05, 0) is 12.8 Å². The summed E-state index contributed by atoms with van der Waals surface area (Å²) >= 11 is 0. The van der Waals surface area contributed by atoms with E-state index in [0.717, 1.165) is 4.31 Å². The van der Waals surface area contributed by atoms with Crippen LogP contribution in [0.4, 0.5) is 13.2 Å². The largest absolute Gasteiger partial charge is 0.481 e. The van der Waals surface area contributed by atoms with E-state index in [0.29, 0.717) is 0 Å². The standard InChI is InChI=1S/C9H17F3N2O4S/c1-14(7-4-8(15)16)19(17,18)13-6-3-2-5-9(10,11)12/h13H,2-7H2,1H3,(H,15,16). The van der Waals surface area contributed by atoms with E-state index in [1.807, 2.05) is 0 Å². The number of hydrogen-bond donors (Lipinski definition) is 2. The lowest BCUT2D eigenvalue weighted by Crippen LogP contribution is -2.39. The van der Waals surface area contributed by atoms with Crippen molar-refractivity contribution in [2.75, 3.05) is 20.1 Å². The molecule has 0 saturated carbocycles. The van der Waals surface area contributed by atoms with Crippen molar-refractivity contribution in [1.82, 2.24) is 9.03 Å². The Balaban J connectivity index is 3.94. The zero-order valence-corrected chi connectivity index (χ0v) is 11.2. The average Bonchev–Trinajstić information content (AvgIpc) is 2.23. The second-order valence-corrected chi connectivity index (χ2v) is 5.80. The number of alkyl halides is 3. The van der Waals surface area contributed by atoms with Gasteiger partial charge >= 0.3 is 12.1 Å². The fourth-order valence-electron chi connectivity index (χ4n) is 1.14. The quantitative estimate of drug-likeness (QED) is 0.621. The Hall–Kier alpha value is -0.870. The van der Waals surface area contributed by atoms with E-state index < -0.39 is 28.8 Å². The molecule has 0 rings (SSSR count). The second-order valence-electron chi connectivity index (χ2n) is 3.94. The van der Waals surface area contributed by atoms with Crippen molar-refractivity contribution in [2.24, 2.45) is 0 Å². The van der Waals surface area contributed by atoms with Gasteiger partial charge in [-0.1, -0.05) is 0 Å². The van der Waals surface area contributed by atoms with Crippen molar-refractivity contribution in [3.05, 3.63) is 0 Å². The van der Waals surface area contributed by atoms with E-state index in [4.69, 9.17) is 5.11 Å². The van der Waals surface area contributed by atoms with Crippen LogP contribution in [0.3, 0.4) is 0 Å². The van der Waals surface area contributed by atoms with Gasteiger partial charge in [0.15, 0.2) is 0 Å². The number of carbonyl (C=O) groups is 1. The van der Waals surface area contributed by atoms with Crippen molar-refractivity contribution in [3.63, 3.8) is 0 Å². The van der Waals surface area contributed by atoms with Crippen LogP contribution in [-0.2, 0) is 15.0 Å². The first kappa shape index (κ1) is 18.1. The highest BCUT2D eigenvalue weighted by Crippen LogP contribution is 2.21. The summed E-state index contributed by atoms with van der Waals surface area (Å²) < 4.78 is 61.4. The third kappa shape index (κ3) is 9.68. The molecule has 0 aliphatic rings. The van der Waals surface area contributed by atoms with Gasteiger partial charge in [-0.2, -0.15) is 25.9 Å². The maximum Gasteiger partial charge on any atom is 0.389 e. The molecule has 19 heavy (non-hydrogen) atoms. The van der Waals surface area contributed by atoms with Gasteiger partial charge in [0.1, 0.15) is 0 Å². The zero-order valence-electron chi connectivity index (χ0n) is 10.4. The van der Waals surface area contributed by atoms with Crippen molar-refractivity contribution >= 4 is 16.2 Å². The van der Waals surface area contributed by atoms with E-state index in [1.54, 1.807) is 0 Å². The smallest absolute Gasteiger partial charge is 0.389 e. The van der Waals surface area contributed by atoms with Crippen LogP contribution in [0.2, 0.25) is 0 Å². The van der Waals surface area contributed by atoms with Crippen LogP contribution in [0.15, 0.2) is 0 Å². The highest BCUT2D eigenvalue weighted by atomic mass is 32.2. The van der Waals surface area contributed by atoms with E-state index in [1.165, 1.54) is 7.05 Å². The number of carboxylic acids is 1. The van der Waals surface area contributed by atoms with Gasteiger partial charge in [0.2, 0.25) is 0 Å². The van der Waals surface area contributed by atoms with Crippen molar-refractivity contribution < 1.29 is 31.5 Å². The van der Waals surface area contributed by atoms with E-state index in [2.05, 4.69) is 4.72 Å². The number of nitrogens with zero attached hydrogens (tertiary/aromatic N) is 1. The Morgan fingerprint density at radius 1 is 1.32 bits per heavy atom. The van der Waals surface area contributed by atoms with Gasteiger partial charge in [0, 0.05) is 26.6 Å². The van der Waals surface area contributed by atoms with Gasteiger partial charge in [-0.15, -0.1) is 0 Å². The lowest BCUT2D eigenvalue weighted by molar-refractivity contribution is -0.137. The second kappa shape index (κ2) is 7.65. The molecule has 10 heteroatoms. The SMILES string of the molecule is CN(CCC(=O)O)S(=O)(=O)NCCCCC(F)(F)F. The first-order valence-corrected chi connectivity index (χ1v) is 6.98. The summed E-state index contributed by atoms with van der Waals surface area (Å²) in [7, 11) is -2.64. The van der Waals surface area contributed by atoms with Gasteiger partial charge < -0.3 is 5.11 Å². The number of hydrogen-bond acceptors (Lipinski definition) is 3. The zero-order chi connectivity index (χ0) is 15.1. The molecule has 0 aromatic carbocycles. The normalized spacial score (nSPS) is 12.9. The Kier molecular flexibility index (Phi) is 7.30. The maximum absolute atomic E-state index is 11.8. The van der Waals surface area contributed by atoms with Crippen LogP contribution in [0.25, 0.3) is 0 Å². The molecule has 0 bridgehead atoms. The molecular weight excluding hydrogens is 289 g/mol. The lowest BCUT2D eigenvalue weighted by atomic mass is 10.2. The Morgan fingerprint density at radius 2 is 1.89 bits per heavy atom. The fraction of sp³-hybridized carbons (Fsp3) is 0.889. The highest BCUT2D eigenvalue weighted by molar-refractivity contribution is 7.87. The molecule has 0 aliphatic heterocycles. The number of aliphatic carboxylic acids is 1. The Bertz CT molecular complexity index is 383. The van der Waals surface area contributed by atoms with Gasteiger partial charge in [-0.25, -0.2) is 4.72 Å². The summed E-state index contributed by atoms with van der Waals surface area (Å²) in [5.74, 6) is -1.13. The van der Waals surface area contributed by atoms with Gasteiger partial charge in [0.05, 0.1) is 6.42 Å². The molecular formula is C9H17F3N2O4S. The summed E-state index contributed by atoms with van der Waals surface area (Å²) in [6, 6.07) is 0. The number of carboxylic acid groups (broad SMARTS) is 1. The molecule has 2 N–H and O–H groups in total. The molecule has 0 aromatic heterocycles. The minimum atomic E-state index is -4.24. The van der Waals surface area contributed by atoms with Crippen LogP contribution in [-0.4, -0.2) is 50.1 Å². The molecule has 0 aliphatic carbocycles. The van der Waals surface area contributed by atoms with E-state index in [-0.39, 0.29) is 32.4 Å². The fourth-order valence-corrected chi connectivity index (χ4v) is 2.09. The molecule has 0 atom stereocenters. The molecule has 0 spiro atoms. The first-order chi connectivity index (χ1) is 8.54. The maximum atomic E-state index is 11.8. The molecule has 0 radical (unpaired) electrons. The first-order valence-electron chi connectivity index (χ1n) is 5.54. The van der Waals surface area contributed by atoms with Crippen molar-refractivity contribution in [3.8, 4) is 0 Å². The van der Waals surface area contributed by atoms with E-state index in [9.17, 15) is 26.4 Å². The summed E-state index contributed by atoms with van der Waals surface area (Å²) in [5.41, 5.74) is 0. The van der Waals surface area contributed by atoms with Gasteiger partial charge in [0.25, 0.3) is 10.2 Å². The van der Waals surface area contributed by atoms with Crippen molar-refractivity contribution in [2.45, 2.75) is 31.9 Å². The minimum absolute atomic E-state index is 0.0610. The summed E-state index contributed by atoms with van der Waals surface area (Å²) in [6.07, 6.45) is -5.64. The van der Waals surface area contributed by atoms with Crippen molar-refractivity contribution in [1.29, 1.82) is 0 Å². The predicted octanol–water partition coefficient (Wildman–Crippen LogP) is 0.960. The topological polar surface area (TPSA) is 86.7 Å². The van der Waals surface area contributed by atoms with Crippen LogP contribution in [0.1, 0.15) is 25.7 Å². The number of unbranched alkanes of at least 4 members (excludes halogenated alkanes) is 1. The molecule has 0 unspecified atom stereocenters. The average molecular weight is 306 g/mol. The third-order valence-corrected chi connectivity index (χ3v) is 3.79. The van der Waals surface area contributed by atoms with Crippen LogP contribution >= 0.6 is 0 Å². The molecule has 0 aromatic rings. The summed E-state index contributed by atoms with van der Waals surface area (Å²) in [6.45, 7) is -0.316. The summed E-state index contributed by atoms with van der Waals surface area (Å²) in [5, 5.41) is 8.40. The number of halogens is 3. The lowest BCUT2D eigenvalue weighted by Gasteiger charge is -2.16. The molecule has 6 nitrogen and oxygen atoms in total. The molecule has 0 saturated heterocycles. The predicted molar refractivity (Wildman–Crippen MR) is 61.7 cm³/mol. The minimum Gasteiger partial charge on any atom is -0.481 e. The van der Waals surface area contributed by atoms with E-state index >= 15 is 0 Å². The molecule has 114 valence electrons. The van der Waals surface area contributed by atoms with Crippen LogP contribution in [0, 0.1) is 0 Å². The highest BCUT2D eigenvalue weighted by Gasteiger charge is 2.26. The van der Waals surface area contributed by atoms with Crippen LogP contribution in [0.5, 0.6) is 0 Å². The Labute approximate surface area is 109 Å². The molecule has 0 fully saturated rings. The van der Waals surface area contributed by atoms with Gasteiger partial charge in [-0.3, -0.25) is 4.79 Å². The number of rotatable bonds is 9. The molecule has 0 heterocycles.